The molecule has 0 spiro atoms. The van der Waals surface area contributed by atoms with Gasteiger partial charge < -0.3 is 15.8 Å². The lowest BCUT2D eigenvalue weighted by Gasteiger charge is -2.37. The number of carbonyl (C=O) groups is 1. The number of nitrogens with one attached hydrogen (secondary N) is 1. The van der Waals surface area contributed by atoms with Gasteiger partial charge in [-0.3, -0.25) is 9.69 Å². The largest absolute Gasteiger partial charge is 0.496 e. The first-order valence-corrected chi connectivity index (χ1v) is 10.1. The van der Waals surface area contributed by atoms with E-state index in [1.807, 2.05) is 18.2 Å². The monoisotopic (exact) mass is 431 g/mol. The van der Waals surface area contributed by atoms with Gasteiger partial charge in [-0.15, -0.1) is 24.8 Å². The van der Waals surface area contributed by atoms with E-state index >= 15 is 0 Å². The summed E-state index contributed by atoms with van der Waals surface area (Å²) < 4.78 is 5.60. The van der Waals surface area contributed by atoms with Crippen molar-refractivity contribution in [3.05, 3.63) is 29.8 Å². The molecular formula is C21H35Cl2N3O2. The Morgan fingerprint density at radius 2 is 1.71 bits per heavy atom. The number of nitrogens with two attached hydrogens (primary N) is 1. The van der Waals surface area contributed by atoms with Crippen LogP contribution in [0, 0.1) is 0 Å². The Hall–Kier alpha value is -1.01. The first-order chi connectivity index (χ1) is 12.6. The van der Waals surface area contributed by atoms with Crippen LogP contribution < -0.4 is 15.8 Å². The van der Waals surface area contributed by atoms with Crippen LogP contribution in [0.25, 0.3) is 0 Å². The number of nitrogens with zero attached hydrogens (tertiary/aromatic N) is 1. The van der Waals surface area contributed by atoms with Crippen LogP contribution in [0.4, 0.5) is 0 Å². The molecule has 28 heavy (non-hydrogen) atoms. The molecule has 2 fully saturated rings. The minimum absolute atomic E-state index is 0. The number of hydrogen-bond donors (Lipinski definition) is 2. The first kappa shape index (κ1) is 25.0. The highest BCUT2D eigenvalue weighted by atomic mass is 35.5. The maximum atomic E-state index is 12.8. The number of carbonyl (C=O) groups excluding carboxylic acids is 1. The third-order valence-corrected chi connectivity index (χ3v) is 5.98. The van der Waals surface area contributed by atoms with Crippen LogP contribution in [0.1, 0.15) is 63.0 Å². The van der Waals surface area contributed by atoms with Crippen LogP contribution in [-0.2, 0) is 4.79 Å². The Labute approximate surface area is 181 Å². The summed E-state index contributed by atoms with van der Waals surface area (Å²) in [6.07, 6.45) is 8.57. The Morgan fingerprint density at radius 3 is 2.36 bits per heavy atom. The van der Waals surface area contributed by atoms with E-state index in [-0.39, 0.29) is 36.8 Å². The van der Waals surface area contributed by atoms with Crippen molar-refractivity contribution in [3.8, 4) is 5.75 Å². The number of hydrogen-bond acceptors (Lipinski definition) is 4. The summed E-state index contributed by atoms with van der Waals surface area (Å²) in [5, 5.41) is 3.18. The lowest BCUT2D eigenvalue weighted by Crippen LogP contribution is -2.56. The standard InChI is InChI=1S/C21H33N3O2.2ClH/c1-26-19-11-5-4-10-17(19)18(24-14-8-3-9-15-24)16-23-20(25)21(22)12-6-2-7-13-21;;/h4-5,10-11,18H,2-3,6-9,12-16,22H2,1H3,(H,23,25);2*1H. The van der Waals surface area contributed by atoms with E-state index in [1.165, 1.54) is 25.7 Å². The number of benzene rings is 1. The molecule has 1 amide bonds. The van der Waals surface area contributed by atoms with E-state index in [0.717, 1.165) is 50.1 Å². The molecule has 1 aliphatic carbocycles. The number of para-hydroxylation sites is 1. The average molecular weight is 432 g/mol. The summed E-state index contributed by atoms with van der Waals surface area (Å²) in [7, 11) is 1.71. The van der Waals surface area contributed by atoms with Gasteiger partial charge in [0.15, 0.2) is 0 Å². The molecule has 1 saturated heterocycles. The Balaban J connectivity index is 0.00000196. The molecule has 0 bridgehead atoms. The summed E-state index contributed by atoms with van der Waals surface area (Å²) in [5.41, 5.74) is 6.87. The molecule has 0 radical (unpaired) electrons. The van der Waals surface area contributed by atoms with Crippen molar-refractivity contribution < 1.29 is 9.53 Å². The molecule has 5 nitrogen and oxygen atoms in total. The van der Waals surface area contributed by atoms with Crippen LogP contribution >= 0.6 is 24.8 Å². The summed E-state index contributed by atoms with van der Waals surface area (Å²) in [4.78, 5) is 15.3. The highest BCUT2D eigenvalue weighted by molar-refractivity contribution is 5.86. The topological polar surface area (TPSA) is 67.6 Å². The zero-order chi connectivity index (χ0) is 18.4. The quantitative estimate of drug-likeness (QED) is 0.717. The number of likely N-dealkylation sites (tertiary alicyclic amines) is 1. The van der Waals surface area contributed by atoms with Crippen molar-refractivity contribution in [2.45, 2.75) is 62.9 Å². The first-order valence-electron chi connectivity index (χ1n) is 10.1. The second-order valence-corrected chi connectivity index (χ2v) is 7.78. The fraction of sp³-hybridized carbons (Fsp3) is 0.667. The molecule has 1 aliphatic heterocycles. The number of methoxy groups -OCH3 is 1. The van der Waals surface area contributed by atoms with E-state index < -0.39 is 5.54 Å². The van der Waals surface area contributed by atoms with Gasteiger partial charge in [-0.05, 0) is 44.8 Å². The number of amides is 1. The Bertz CT molecular complexity index is 603. The number of piperidine rings is 1. The number of rotatable bonds is 6. The fourth-order valence-corrected chi connectivity index (χ4v) is 4.38. The van der Waals surface area contributed by atoms with Crippen LogP contribution in [0.3, 0.4) is 0 Å². The van der Waals surface area contributed by atoms with Gasteiger partial charge in [0, 0.05) is 12.1 Å². The maximum Gasteiger partial charge on any atom is 0.240 e. The van der Waals surface area contributed by atoms with Gasteiger partial charge in [0.2, 0.25) is 5.91 Å². The predicted molar refractivity (Wildman–Crippen MR) is 119 cm³/mol. The maximum absolute atomic E-state index is 12.8. The van der Waals surface area contributed by atoms with Gasteiger partial charge in [-0.2, -0.15) is 0 Å². The van der Waals surface area contributed by atoms with Gasteiger partial charge in [0.05, 0.1) is 18.7 Å². The van der Waals surface area contributed by atoms with E-state index in [1.54, 1.807) is 7.11 Å². The number of halogens is 2. The molecule has 1 aromatic carbocycles. The molecule has 1 heterocycles. The zero-order valence-corrected chi connectivity index (χ0v) is 18.5. The second kappa shape index (κ2) is 11.9. The van der Waals surface area contributed by atoms with Crippen molar-refractivity contribution in [1.82, 2.24) is 10.2 Å². The molecule has 3 N–H and O–H groups in total. The smallest absolute Gasteiger partial charge is 0.240 e. The molecule has 1 saturated carbocycles. The molecule has 1 unspecified atom stereocenters. The molecule has 1 aromatic rings. The third-order valence-electron chi connectivity index (χ3n) is 5.98. The average Bonchev–Trinajstić information content (AvgIpc) is 2.69. The second-order valence-electron chi connectivity index (χ2n) is 7.78. The van der Waals surface area contributed by atoms with Crippen molar-refractivity contribution in [2.24, 2.45) is 5.73 Å². The molecule has 7 heteroatoms. The third kappa shape index (κ3) is 5.99. The summed E-state index contributed by atoms with van der Waals surface area (Å²) in [6, 6.07) is 8.28. The van der Waals surface area contributed by atoms with Crippen molar-refractivity contribution in [2.75, 3.05) is 26.7 Å². The van der Waals surface area contributed by atoms with Gasteiger partial charge in [0.1, 0.15) is 5.75 Å². The lowest BCUT2D eigenvalue weighted by molar-refractivity contribution is -0.127. The van der Waals surface area contributed by atoms with E-state index in [4.69, 9.17) is 10.5 Å². The molecule has 0 aromatic heterocycles. The van der Waals surface area contributed by atoms with Crippen molar-refractivity contribution in [1.29, 1.82) is 0 Å². The predicted octanol–water partition coefficient (Wildman–Crippen LogP) is 3.84. The van der Waals surface area contributed by atoms with Gasteiger partial charge in [-0.1, -0.05) is 43.9 Å². The van der Waals surface area contributed by atoms with Crippen LogP contribution in [0.15, 0.2) is 24.3 Å². The highest BCUT2D eigenvalue weighted by Crippen LogP contribution is 2.31. The normalized spacial score (nSPS) is 20.2. The summed E-state index contributed by atoms with van der Waals surface area (Å²) in [5.74, 6) is 0.895. The SMILES string of the molecule is COc1ccccc1C(CNC(=O)C1(N)CCCCC1)N1CCCCC1.Cl.Cl. The number of ether oxygens (including phenoxy) is 1. The highest BCUT2D eigenvalue weighted by Gasteiger charge is 2.36. The molecule has 2 aliphatic rings. The fourth-order valence-electron chi connectivity index (χ4n) is 4.38. The minimum atomic E-state index is -0.689. The van der Waals surface area contributed by atoms with E-state index in [0.29, 0.717) is 6.54 Å². The van der Waals surface area contributed by atoms with Crippen molar-refractivity contribution >= 4 is 30.7 Å². The Morgan fingerprint density at radius 1 is 1.11 bits per heavy atom. The van der Waals surface area contributed by atoms with Crippen LogP contribution in [0.5, 0.6) is 5.75 Å². The minimum Gasteiger partial charge on any atom is -0.496 e. The van der Waals surface area contributed by atoms with E-state index in [9.17, 15) is 4.79 Å². The van der Waals surface area contributed by atoms with Gasteiger partial charge in [-0.25, -0.2) is 0 Å². The summed E-state index contributed by atoms with van der Waals surface area (Å²) in [6.45, 7) is 2.71. The molecule has 1 atom stereocenters. The van der Waals surface area contributed by atoms with Crippen molar-refractivity contribution in [3.63, 3.8) is 0 Å². The summed E-state index contributed by atoms with van der Waals surface area (Å²) >= 11 is 0. The Kier molecular flexibility index (Phi) is 10.6. The van der Waals surface area contributed by atoms with Gasteiger partial charge >= 0.3 is 0 Å². The molecule has 160 valence electrons. The molecular weight excluding hydrogens is 397 g/mol. The van der Waals surface area contributed by atoms with Gasteiger partial charge in [0.25, 0.3) is 0 Å². The zero-order valence-electron chi connectivity index (χ0n) is 16.8. The van der Waals surface area contributed by atoms with E-state index in [2.05, 4.69) is 16.3 Å². The molecule has 3 rings (SSSR count). The lowest BCUT2D eigenvalue weighted by atomic mass is 9.82. The van der Waals surface area contributed by atoms with Crippen LogP contribution in [0.2, 0.25) is 0 Å². The van der Waals surface area contributed by atoms with Crippen LogP contribution in [-0.4, -0.2) is 43.1 Å².